The molecule has 0 aliphatic carbocycles. The number of imidazole rings is 2. The molecule has 0 radical (unpaired) electrons. The third-order valence-corrected chi connectivity index (χ3v) is 9.55. The molecule has 0 aromatic carbocycles. The molecule has 46 heavy (non-hydrogen) atoms. The summed E-state index contributed by atoms with van der Waals surface area (Å²) in [6.45, 7) is -1.48. The Balaban J connectivity index is 1.20. The van der Waals surface area contributed by atoms with Gasteiger partial charge in [-0.1, -0.05) is 0 Å². The number of aliphatic hydroxyl groups is 2. The van der Waals surface area contributed by atoms with Crippen LogP contribution in [0.2, 0.25) is 0 Å². The first-order valence-corrected chi connectivity index (χ1v) is 16.6. The van der Waals surface area contributed by atoms with Gasteiger partial charge in [-0.05, 0) is 0 Å². The van der Waals surface area contributed by atoms with E-state index in [4.69, 9.17) is 39.2 Å². The molecule has 4 aromatic rings. The summed E-state index contributed by atoms with van der Waals surface area (Å²) in [7, 11) is -9.67. The Morgan fingerprint density at radius 1 is 0.870 bits per heavy atom. The maximum Gasteiger partial charge on any atom is 0.472 e. The molecule has 3 saturated heterocycles. The van der Waals surface area contributed by atoms with Crippen molar-refractivity contribution in [2.75, 3.05) is 31.0 Å². The van der Waals surface area contributed by atoms with Gasteiger partial charge in [0.05, 0.1) is 25.9 Å². The van der Waals surface area contributed by atoms with E-state index in [1.165, 1.54) is 15.5 Å². The van der Waals surface area contributed by atoms with E-state index in [9.17, 15) is 33.9 Å². The average Bonchev–Trinajstić information content (AvgIpc) is 3.75. The lowest BCUT2D eigenvalue weighted by Gasteiger charge is -2.26. The number of ether oxygens (including phenoxy) is 3. The zero-order valence-corrected chi connectivity index (χ0v) is 24.9. The topological polar surface area (TPSA) is 330 Å². The first kappa shape index (κ1) is 31.2. The number of hydrogen-bond acceptors (Lipinski definition) is 18. The van der Waals surface area contributed by atoms with E-state index in [1.54, 1.807) is 0 Å². The van der Waals surface area contributed by atoms with Gasteiger partial charge in [0.25, 0.3) is 5.56 Å². The smallest absolute Gasteiger partial charge is 0.387 e. The molecular formula is C21H26N10O13P2. The standard InChI is InChI=1S/C21H26N10O13P2/c22-15-9-16(25-3-24-15)30(4-26-9)20-14-11(32)7(42-20)1-40-45(35,36)6-39-13-8(2-41-46(37,38)44-14)43-19(12(13)33)31-5-27-10-17(31)28-21(23)29-18(10)34/h3-5,7-8,11-14,19-20,32-33H,1-2,6H2,(H,35,36)(H,37,38)(H2,22,24,25)(H3,23,28,29,34)/t7-,8-,11-,12-,13-,14-,19-,20-/m1/s1. The summed E-state index contributed by atoms with van der Waals surface area (Å²) in [5.74, 6) is -0.225. The van der Waals surface area contributed by atoms with E-state index < -0.39 is 89.6 Å². The van der Waals surface area contributed by atoms with Gasteiger partial charge in [-0.15, -0.1) is 0 Å². The third kappa shape index (κ3) is 5.49. The largest absolute Gasteiger partial charge is 0.472 e. The summed E-state index contributed by atoms with van der Waals surface area (Å²) in [5, 5.41) is 22.2. The number of hydrogen-bond donors (Lipinski definition) is 7. The molecule has 23 nitrogen and oxygen atoms in total. The van der Waals surface area contributed by atoms with Crippen LogP contribution in [-0.2, 0) is 36.9 Å². The van der Waals surface area contributed by atoms with Gasteiger partial charge >= 0.3 is 15.4 Å². The molecule has 7 rings (SSSR count). The number of nitrogen functional groups attached to an aromatic ring is 2. The zero-order chi connectivity index (χ0) is 32.5. The predicted octanol–water partition coefficient (Wildman–Crippen LogP) is -2.30. The Hall–Kier alpha value is -3.44. The van der Waals surface area contributed by atoms with Crippen molar-refractivity contribution in [3.05, 3.63) is 29.3 Å². The highest BCUT2D eigenvalue weighted by atomic mass is 31.2. The number of nitrogens with one attached hydrogen (secondary N) is 1. The Kier molecular flexibility index (Phi) is 7.70. The molecule has 0 amide bonds. The maximum absolute atomic E-state index is 13.2. The monoisotopic (exact) mass is 688 g/mol. The number of nitrogens with zero attached hydrogens (tertiary/aromatic N) is 7. The van der Waals surface area contributed by atoms with Gasteiger partial charge in [-0.3, -0.25) is 32.5 Å². The first-order chi connectivity index (χ1) is 21.8. The van der Waals surface area contributed by atoms with E-state index in [2.05, 4.69) is 29.9 Å². The van der Waals surface area contributed by atoms with Crippen molar-refractivity contribution in [3.8, 4) is 0 Å². The van der Waals surface area contributed by atoms with Crippen LogP contribution in [0, 0.1) is 0 Å². The van der Waals surface area contributed by atoms with Crippen molar-refractivity contribution in [1.82, 2.24) is 39.0 Å². The molecule has 4 aromatic heterocycles. The lowest BCUT2D eigenvalue weighted by Crippen LogP contribution is -2.38. The normalized spacial score (nSPS) is 37.4. The minimum Gasteiger partial charge on any atom is -0.387 e. The lowest BCUT2D eigenvalue weighted by atomic mass is 10.1. The second-order valence-corrected chi connectivity index (χ2v) is 13.7. The minimum absolute atomic E-state index is 0.0248. The van der Waals surface area contributed by atoms with E-state index in [-0.39, 0.29) is 34.1 Å². The molecule has 3 fully saturated rings. The first-order valence-electron chi connectivity index (χ1n) is 13.4. The average molecular weight is 688 g/mol. The summed E-state index contributed by atoms with van der Waals surface area (Å²) < 4.78 is 61.7. The fraction of sp³-hybridized carbons (Fsp3) is 0.524. The van der Waals surface area contributed by atoms with Gasteiger partial charge in [0.2, 0.25) is 5.95 Å². The molecule has 0 spiro atoms. The van der Waals surface area contributed by atoms with Gasteiger partial charge in [-0.2, -0.15) is 4.98 Å². The van der Waals surface area contributed by atoms with Crippen molar-refractivity contribution in [2.45, 2.75) is 49.1 Å². The van der Waals surface area contributed by atoms with Crippen molar-refractivity contribution in [2.24, 2.45) is 0 Å². The minimum atomic E-state index is -5.07. The van der Waals surface area contributed by atoms with Crippen LogP contribution in [0.5, 0.6) is 0 Å². The second kappa shape index (κ2) is 11.4. The lowest BCUT2D eigenvalue weighted by molar-refractivity contribution is -0.0633. The highest BCUT2D eigenvalue weighted by molar-refractivity contribution is 7.52. The maximum atomic E-state index is 13.2. The van der Waals surface area contributed by atoms with Crippen LogP contribution < -0.4 is 17.0 Å². The summed E-state index contributed by atoms with van der Waals surface area (Å²) in [4.78, 5) is 55.9. The van der Waals surface area contributed by atoms with Gasteiger partial charge in [0.1, 0.15) is 54.8 Å². The Bertz CT molecular complexity index is 1950. The number of fused-ring (bicyclic) bond motifs is 5. The van der Waals surface area contributed by atoms with Crippen LogP contribution in [0.4, 0.5) is 11.8 Å². The number of aromatic nitrogens is 8. The number of H-pyrrole nitrogens is 1. The molecule has 7 heterocycles. The fourth-order valence-corrected chi connectivity index (χ4v) is 7.18. The van der Waals surface area contributed by atoms with Gasteiger partial charge in [0.15, 0.2) is 35.1 Å². The van der Waals surface area contributed by atoms with Crippen LogP contribution in [0.25, 0.3) is 22.3 Å². The van der Waals surface area contributed by atoms with Crippen LogP contribution in [0.3, 0.4) is 0 Å². The van der Waals surface area contributed by atoms with E-state index in [0.29, 0.717) is 0 Å². The molecule has 248 valence electrons. The molecule has 3 aliphatic rings. The van der Waals surface area contributed by atoms with Crippen LogP contribution >= 0.6 is 15.4 Å². The number of phosphoric ester groups is 1. The molecule has 2 unspecified atom stereocenters. The molecule has 2 bridgehead atoms. The molecule has 0 saturated carbocycles. The summed E-state index contributed by atoms with van der Waals surface area (Å²) in [5.41, 5.74) is 10.9. The highest BCUT2D eigenvalue weighted by Gasteiger charge is 2.52. The number of nitrogens with two attached hydrogens (primary N) is 2. The summed E-state index contributed by atoms with van der Waals surface area (Å²) in [6, 6.07) is 0. The van der Waals surface area contributed by atoms with Crippen molar-refractivity contribution >= 4 is 49.5 Å². The van der Waals surface area contributed by atoms with E-state index in [0.717, 1.165) is 12.7 Å². The van der Waals surface area contributed by atoms with Crippen LogP contribution in [0.15, 0.2) is 23.8 Å². The van der Waals surface area contributed by atoms with Gasteiger partial charge in [0, 0.05) is 0 Å². The van der Waals surface area contributed by atoms with E-state index in [1.807, 2.05) is 0 Å². The Morgan fingerprint density at radius 3 is 2.35 bits per heavy atom. The predicted molar refractivity (Wildman–Crippen MR) is 148 cm³/mol. The number of phosphoric acid groups is 1. The van der Waals surface area contributed by atoms with Crippen molar-refractivity contribution in [3.63, 3.8) is 0 Å². The zero-order valence-electron chi connectivity index (χ0n) is 23.1. The number of anilines is 2. The quantitative estimate of drug-likeness (QED) is 0.109. The van der Waals surface area contributed by atoms with Crippen LogP contribution in [-0.4, -0.2) is 115 Å². The Labute approximate surface area is 255 Å². The summed E-state index contributed by atoms with van der Waals surface area (Å²) >= 11 is 0. The second-order valence-electron chi connectivity index (χ2n) is 10.5. The molecule has 3 aliphatic heterocycles. The number of rotatable bonds is 2. The van der Waals surface area contributed by atoms with Crippen molar-refractivity contribution < 1.29 is 56.9 Å². The number of aliphatic hydroxyl groups excluding tert-OH is 2. The van der Waals surface area contributed by atoms with Crippen LogP contribution in [0.1, 0.15) is 12.5 Å². The molecule has 9 N–H and O–H groups in total. The summed E-state index contributed by atoms with van der Waals surface area (Å²) in [6.07, 6.45) is -9.42. The fourth-order valence-electron chi connectivity index (χ4n) is 5.43. The Morgan fingerprint density at radius 2 is 1.57 bits per heavy atom. The number of aromatic amines is 1. The van der Waals surface area contributed by atoms with Gasteiger partial charge < -0.3 is 50.2 Å². The third-order valence-electron chi connectivity index (χ3n) is 7.54. The molecule has 10 atom stereocenters. The SMILES string of the molecule is Nc1nc2c(ncn2[C@@H]2O[C@@H]3COP(=O)(O)O[C@@H]4[C@H](O)[C@@H](COP(=O)(O)CO[C@H]3[C@H]2O)O[C@H]4n2cnc3c(N)ncnc32)c(=O)[nH]1. The van der Waals surface area contributed by atoms with Crippen molar-refractivity contribution in [1.29, 1.82) is 0 Å². The molecule has 25 heteroatoms. The molecular weight excluding hydrogens is 662 g/mol. The highest BCUT2D eigenvalue weighted by Crippen LogP contribution is 2.52. The van der Waals surface area contributed by atoms with Gasteiger partial charge in [-0.25, -0.2) is 24.5 Å². The van der Waals surface area contributed by atoms with E-state index >= 15 is 0 Å².